The zero-order valence-corrected chi connectivity index (χ0v) is 15.5. The van der Waals surface area contributed by atoms with E-state index >= 15 is 0 Å². The van der Waals surface area contributed by atoms with Crippen LogP contribution in [0, 0.1) is 0 Å². The normalized spacial score (nSPS) is 11.7. The average molecular weight is 327 g/mol. The molecule has 0 atom stereocenters. The van der Waals surface area contributed by atoms with Gasteiger partial charge in [-0.25, -0.2) is 0 Å². The van der Waals surface area contributed by atoms with Crippen molar-refractivity contribution in [1.82, 2.24) is 10.3 Å². The van der Waals surface area contributed by atoms with Crippen LogP contribution in [-0.4, -0.2) is 23.0 Å². The summed E-state index contributed by atoms with van der Waals surface area (Å²) in [5.74, 6) is -0.0153. The Kier molecular flexibility index (Phi) is 5.94. The van der Waals surface area contributed by atoms with Crippen LogP contribution in [0.15, 0.2) is 24.3 Å². The van der Waals surface area contributed by atoms with E-state index in [-0.39, 0.29) is 11.4 Å². The van der Waals surface area contributed by atoms with E-state index in [0.717, 1.165) is 47.1 Å². The number of nitrogens with zero attached hydrogens (tertiary/aromatic N) is 1. The fourth-order valence-corrected chi connectivity index (χ4v) is 2.80. The molecular weight excluding hydrogens is 298 g/mol. The van der Waals surface area contributed by atoms with Crippen LogP contribution in [0.1, 0.15) is 52.3 Å². The summed E-state index contributed by atoms with van der Waals surface area (Å²) >= 11 is 0. The first-order valence-electron chi connectivity index (χ1n) is 8.81. The van der Waals surface area contributed by atoms with Crippen molar-refractivity contribution in [1.29, 1.82) is 0 Å². The van der Waals surface area contributed by atoms with Crippen LogP contribution in [0.25, 0.3) is 10.9 Å². The highest BCUT2D eigenvalue weighted by molar-refractivity contribution is 6.03. The number of para-hydroxylation sites is 1. The fourth-order valence-electron chi connectivity index (χ4n) is 2.80. The lowest BCUT2D eigenvalue weighted by atomic mass is 10.0. The number of aryl methyl sites for hydroxylation is 1. The first kappa shape index (κ1) is 18.4. The minimum Gasteiger partial charge on any atom is -0.324 e. The Bertz CT molecular complexity index is 717. The maximum absolute atomic E-state index is 12.4. The fraction of sp³-hybridized carbons (Fsp3) is 0.500. The van der Waals surface area contributed by atoms with E-state index in [4.69, 9.17) is 4.98 Å². The highest BCUT2D eigenvalue weighted by atomic mass is 16.1. The summed E-state index contributed by atoms with van der Waals surface area (Å²) in [6.07, 6.45) is 2.82. The third-order valence-electron chi connectivity index (χ3n) is 3.96. The van der Waals surface area contributed by atoms with Crippen molar-refractivity contribution < 1.29 is 4.79 Å². The molecule has 0 saturated carbocycles. The van der Waals surface area contributed by atoms with Gasteiger partial charge < -0.3 is 10.6 Å². The molecule has 1 aromatic carbocycles. The molecule has 0 bridgehead atoms. The van der Waals surface area contributed by atoms with Crippen LogP contribution in [-0.2, 0) is 17.6 Å². The van der Waals surface area contributed by atoms with Gasteiger partial charge >= 0.3 is 0 Å². The van der Waals surface area contributed by atoms with Crippen LogP contribution in [0.5, 0.6) is 0 Å². The summed E-state index contributed by atoms with van der Waals surface area (Å²) < 4.78 is 0. The maximum atomic E-state index is 12.4. The number of nitrogens with one attached hydrogen (secondary N) is 2. The largest absolute Gasteiger partial charge is 0.324 e. The lowest BCUT2D eigenvalue weighted by Gasteiger charge is -2.21. The maximum Gasteiger partial charge on any atom is 0.238 e. The van der Waals surface area contributed by atoms with Gasteiger partial charge in [-0.3, -0.25) is 9.78 Å². The zero-order valence-electron chi connectivity index (χ0n) is 15.5. The summed E-state index contributed by atoms with van der Waals surface area (Å²) in [5.41, 5.74) is 4.03. The minimum atomic E-state index is -0.0847. The van der Waals surface area contributed by atoms with Crippen molar-refractivity contribution in [3.8, 4) is 0 Å². The Labute approximate surface area is 145 Å². The molecule has 0 spiro atoms. The molecule has 0 radical (unpaired) electrons. The number of carbonyl (C=O) groups is 1. The zero-order chi connectivity index (χ0) is 17.7. The van der Waals surface area contributed by atoms with E-state index in [9.17, 15) is 4.79 Å². The lowest BCUT2D eigenvalue weighted by Crippen LogP contribution is -2.41. The molecule has 0 aliphatic heterocycles. The van der Waals surface area contributed by atoms with Crippen molar-refractivity contribution in [3.63, 3.8) is 0 Å². The van der Waals surface area contributed by atoms with Gasteiger partial charge in [-0.05, 0) is 45.2 Å². The van der Waals surface area contributed by atoms with E-state index in [1.807, 2.05) is 24.3 Å². The average Bonchev–Trinajstić information content (AvgIpc) is 2.53. The van der Waals surface area contributed by atoms with Gasteiger partial charge in [-0.1, -0.05) is 38.5 Å². The number of amides is 1. The Morgan fingerprint density at radius 1 is 1.17 bits per heavy atom. The number of anilines is 1. The molecule has 2 aromatic rings. The van der Waals surface area contributed by atoms with Gasteiger partial charge in [0.15, 0.2) is 0 Å². The SMILES string of the molecule is CCCc1nc2ccccc2c(NC(=O)CNC(C)(C)C)c1CC. The molecule has 1 amide bonds. The van der Waals surface area contributed by atoms with Gasteiger partial charge in [-0.15, -0.1) is 0 Å². The van der Waals surface area contributed by atoms with Crippen molar-refractivity contribution in [2.45, 2.75) is 59.4 Å². The van der Waals surface area contributed by atoms with Crippen LogP contribution < -0.4 is 10.6 Å². The molecule has 4 heteroatoms. The predicted molar refractivity (Wildman–Crippen MR) is 102 cm³/mol. The molecule has 0 unspecified atom stereocenters. The molecule has 0 fully saturated rings. The molecule has 0 aliphatic carbocycles. The second-order valence-electron chi connectivity index (χ2n) is 7.18. The van der Waals surface area contributed by atoms with E-state index < -0.39 is 0 Å². The second-order valence-corrected chi connectivity index (χ2v) is 7.18. The first-order valence-corrected chi connectivity index (χ1v) is 8.81. The molecule has 2 N–H and O–H groups in total. The molecule has 130 valence electrons. The first-order chi connectivity index (χ1) is 11.4. The summed E-state index contributed by atoms with van der Waals surface area (Å²) in [4.78, 5) is 17.3. The molecule has 4 nitrogen and oxygen atoms in total. The second kappa shape index (κ2) is 7.75. The van der Waals surface area contributed by atoms with Crippen LogP contribution in [0.3, 0.4) is 0 Å². The number of hydrogen-bond acceptors (Lipinski definition) is 3. The smallest absolute Gasteiger partial charge is 0.238 e. The van der Waals surface area contributed by atoms with Crippen molar-refractivity contribution in [3.05, 3.63) is 35.5 Å². The van der Waals surface area contributed by atoms with E-state index in [2.05, 4.69) is 45.3 Å². The quantitative estimate of drug-likeness (QED) is 0.840. The van der Waals surface area contributed by atoms with Crippen molar-refractivity contribution >= 4 is 22.5 Å². The number of aromatic nitrogens is 1. The lowest BCUT2D eigenvalue weighted by molar-refractivity contribution is -0.115. The van der Waals surface area contributed by atoms with Gasteiger partial charge in [0.25, 0.3) is 0 Å². The van der Waals surface area contributed by atoms with Crippen LogP contribution in [0.2, 0.25) is 0 Å². The number of rotatable bonds is 6. The third kappa shape index (κ3) is 4.54. The molecule has 24 heavy (non-hydrogen) atoms. The molecule has 0 aliphatic rings. The minimum absolute atomic E-state index is 0.0153. The van der Waals surface area contributed by atoms with E-state index in [0.29, 0.717) is 6.54 Å². The Balaban J connectivity index is 2.40. The standard InChI is InChI=1S/C20H29N3O/c1-6-10-16-14(7-2)19(15-11-8-9-12-17(15)22-16)23-18(24)13-21-20(3,4)5/h8-9,11-12,21H,6-7,10,13H2,1-5H3,(H,22,23,24). The predicted octanol–water partition coefficient (Wildman–Crippen LogP) is 4.08. The Morgan fingerprint density at radius 2 is 1.88 bits per heavy atom. The summed E-state index contributed by atoms with van der Waals surface area (Å²) in [6.45, 7) is 10.7. The molecular formula is C20H29N3O. The highest BCUT2D eigenvalue weighted by Gasteiger charge is 2.17. The Hall–Kier alpha value is -1.94. The summed E-state index contributed by atoms with van der Waals surface area (Å²) in [6, 6.07) is 8.02. The molecule has 0 saturated heterocycles. The number of carbonyl (C=O) groups excluding carboxylic acids is 1. The number of benzene rings is 1. The summed E-state index contributed by atoms with van der Waals surface area (Å²) in [7, 11) is 0. The monoisotopic (exact) mass is 327 g/mol. The summed E-state index contributed by atoms with van der Waals surface area (Å²) in [5, 5.41) is 7.39. The van der Waals surface area contributed by atoms with Gasteiger partial charge in [0.1, 0.15) is 0 Å². The molecule has 1 aromatic heterocycles. The Morgan fingerprint density at radius 3 is 2.50 bits per heavy atom. The van der Waals surface area contributed by atoms with Gasteiger partial charge in [-0.2, -0.15) is 0 Å². The highest BCUT2D eigenvalue weighted by Crippen LogP contribution is 2.29. The van der Waals surface area contributed by atoms with Crippen molar-refractivity contribution in [2.24, 2.45) is 0 Å². The number of fused-ring (bicyclic) bond motifs is 1. The van der Waals surface area contributed by atoms with E-state index in [1.54, 1.807) is 0 Å². The topological polar surface area (TPSA) is 54.0 Å². The van der Waals surface area contributed by atoms with Crippen molar-refractivity contribution in [2.75, 3.05) is 11.9 Å². The van der Waals surface area contributed by atoms with Gasteiger partial charge in [0.2, 0.25) is 5.91 Å². The van der Waals surface area contributed by atoms with E-state index in [1.165, 1.54) is 0 Å². The number of pyridine rings is 1. The van der Waals surface area contributed by atoms with Gasteiger partial charge in [0.05, 0.1) is 17.7 Å². The van der Waals surface area contributed by atoms with Crippen LogP contribution >= 0.6 is 0 Å². The third-order valence-corrected chi connectivity index (χ3v) is 3.96. The van der Waals surface area contributed by atoms with Crippen LogP contribution in [0.4, 0.5) is 5.69 Å². The molecule has 1 heterocycles. The molecule has 2 rings (SSSR count). The van der Waals surface area contributed by atoms with Gasteiger partial charge in [0, 0.05) is 16.6 Å². The number of hydrogen-bond donors (Lipinski definition) is 2.